The van der Waals surface area contributed by atoms with Gasteiger partial charge in [-0.2, -0.15) is 0 Å². The average Bonchev–Trinajstić information content (AvgIpc) is 2.56. The normalized spacial score (nSPS) is 15.1. The van der Waals surface area contributed by atoms with Crippen molar-refractivity contribution in [2.24, 2.45) is 5.92 Å². The van der Waals surface area contributed by atoms with Crippen LogP contribution in [-0.2, 0) is 9.53 Å². The SMILES string of the molecule is CCNC(=O)C1CCN(c2ccc(NC(=O)OCC)cc2)CC1. The van der Waals surface area contributed by atoms with Crippen LogP contribution in [0.5, 0.6) is 0 Å². The Morgan fingerprint density at radius 3 is 2.39 bits per heavy atom. The second kappa shape index (κ2) is 8.41. The van der Waals surface area contributed by atoms with Crippen LogP contribution >= 0.6 is 0 Å². The number of carbonyl (C=O) groups excluding carboxylic acids is 2. The van der Waals surface area contributed by atoms with Gasteiger partial charge in [0.05, 0.1) is 6.61 Å². The number of nitrogens with one attached hydrogen (secondary N) is 2. The van der Waals surface area contributed by atoms with E-state index in [4.69, 9.17) is 4.74 Å². The molecular formula is C17H25N3O3. The molecule has 2 rings (SSSR count). The number of hydrogen-bond acceptors (Lipinski definition) is 4. The largest absolute Gasteiger partial charge is 0.450 e. The summed E-state index contributed by atoms with van der Waals surface area (Å²) in [6, 6.07) is 7.69. The van der Waals surface area contributed by atoms with Crippen molar-refractivity contribution in [2.75, 3.05) is 36.5 Å². The topological polar surface area (TPSA) is 70.7 Å². The highest BCUT2D eigenvalue weighted by Crippen LogP contribution is 2.24. The molecule has 0 spiro atoms. The molecule has 2 amide bonds. The number of amides is 2. The first-order valence-electron chi connectivity index (χ1n) is 8.20. The minimum atomic E-state index is -0.442. The quantitative estimate of drug-likeness (QED) is 0.875. The first kappa shape index (κ1) is 17.1. The van der Waals surface area contributed by atoms with E-state index >= 15 is 0 Å². The van der Waals surface area contributed by atoms with Gasteiger partial charge in [-0.05, 0) is 51.0 Å². The van der Waals surface area contributed by atoms with E-state index < -0.39 is 6.09 Å². The van der Waals surface area contributed by atoms with Crippen molar-refractivity contribution in [1.29, 1.82) is 0 Å². The van der Waals surface area contributed by atoms with Gasteiger partial charge in [-0.1, -0.05) is 0 Å². The van der Waals surface area contributed by atoms with E-state index in [1.54, 1.807) is 6.92 Å². The number of benzene rings is 1. The first-order chi connectivity index (χ1) is 11.1. The fourth-order valence-corrected chi connectivity index (χ4v) is 2.76. The Bertz CT molecular complexity index is 522. The van der Waals surface area contributed by atoms with Gasteiger partial charge in [-0.15, -0.1) is 0 Å². The minimum absolute atomic E-state index is 0.121. The fourth-order valence-electron chi connectivity index (χ4n) is 2.76. The highest BCUT2D eigenvalue weighted by molar-refractivity contribution is 5.84. The van der Waals surface area contributed by atoms with Crippen LogP contribution in [0.15, 0.2) is 24.3 Å². The number of ether oxygens (including phenoxy) is 1. The summed E-state index contributed by atoms with van der Waals surface area (Å²) in [7, 11) is 0. The van der Waals surface area contributed by atoms with Crippen LogP contribution in [0.1, 0.15) is 26.7 Å². The monoisotopic (exact) mass is 319 g/mol. The van der Waals surface area contributed by atoms with Gasteiger partial charge in [0.15, 0.2) is 0 Å². The Labute approximate surface area is 137 Å². The number of hydrogen-bond donors (Lipinski definition) is 2. The summed E-state index contributed by atoms with van der Waals surface area (Å²) >= 11 is 0. The Kier molecular flexibility index (Phi) is 6.26. The van der Waals surface area contributed by atoms with Gasteiger partial charge < -0.3 is 15.0 Å². The molecule has 1 aromatic carbocycles. The van der Waals surface area contributed by atoms with Gasteiger partial charge in [0.2, 0.25) is 5.91 Å². The molecule has 0 radical (unpaired) electrons. The van der Waals surface area contributed by atoms with Crippen molar-refractivity contribution in [3.8, 4) is 0 Å². The third kappa shape index (κ3) is 4.87. The van der Waals surface area contributed by atoms with Crippen molar-refractivity contribution in [3.63, 3.8) is 0 Å². The minimum Gasteiger partial charge on any atom is -0.450 e. The van der Waals surface area contributed by atoms with Crippen LogP contribution in [-0.4, -0.2) is 38.2 Å². The van der Waals surface area contributed by atoms with E-state index in [1.807, 2.05) is 31.2 Å². The summed E-state index contributed by atoms with van der Waals surface area (Å²) in [6.45, 7) is 6.49. The van der Waals surface area contributed by atoms with Crippen LogP contribution in [0.4, 0.5) is 16.2 Å². The number of nitrogens with zero attached hydrogens (tertiary/aromatic N) is 1. The molecule has 2 N–H and O–H groups in total. The average molecular weight is 319 g/mol. The van der Waals surface area contributed by atoms with Gasteiger partial charge in [-0.3, -0.25) is 10.1 Å². The smallest absolute Gasteiger partial charge is 0.411 e. The highest BCUT2D eigenvalue weighted by Gasteiger charge is 2.24. The molecule has 0 bridgehead atoms. The third-order valence-electron chi connectivity index (χ3n) is 3.97. The van der Waals surface area contributed by atoms with E-state index in [0.29, 0.717) is 18.8 Å². The van der Waals surface area contributed by atoms with Crippen molar-refractivity contribution < 1.29 is 14.3 Å². The van der Waals surface area contributed by atoms with Crippen LogP contribution in [0.25, 0.3) is 0 Å². The van der Waals surface area contributed by atoms with Gasteiger partial charge in [0, 0.05) is 36.9 Å². The Morgan fingerprint density at radius 1 is 1.17 bits per heavy atom. The Balaban J connectivity index is 1.86. The third-order valence-corrected chi connectivity index (χ3v) is 3.97. The zero-order valence-electron chi connectivity index (χ0n) is 13.8. The van der Waals surface area contributed by atoms with Crippen LogP contribution in [0.2, 0.25) is 0 Å². The lowest BCUT2D eigenvalue weighted by molar-refractivity contribution is -0.125. The molecule has 1 aliphatic rings. The van der Waals surface area contributed by atoms with Gasteiger partial charge in [-0.25, -0.2) is 4.79 Å². The summed E-state index contributed by atoms with van der Waals surface area (Å²) in [5.74, 6) is 0.289. The van der Waals surface area contributed by atoms with Crippen LogP contribution in [0.3, 0.4) is 0 Å². The molecule has 0 saturated carbocycles. The summed E-state index contributed by atoms with van der Waals surface area (Å²) in [5, 5.41) is 5.57. The molecule has 0 unspecified atom stereocenters. The predicted molar refractivity (Wildman–Crippen MR) is 90.7 cm³/mol. The van der Waals surface area contributed by atoms with E-state index in [-0.39, 0.29) is 11.8 Å². The molecule has 6 heteroatoms. The molecule has 1 aliphatic heterocycles. The molecule has 1 fully saturated rings. The lowest BCUT2D eigenvalue weighted by atomic mass is 9.95. The van der Waals surface area contributed by atoms with Crippen molar-refractivity contribution in [1.82, 2.24) is 5.32 Å². The molecule has 1 aromatic rings. The van der Waals surface area contributed by atoms with Gasteiger partial charge in [0.25, 0.3) is 0 Å². The molecular weight excluding hydrogens is 294 g/mol. The summed E-state index contributed by atoms with van der Waals surface area (Å²) in [6.07, 6.45) is 1.30. The standard InChI is InChI=1S/C17H25N3O3/c1-3-18-16(21)13-9-11-20(12-10-13)15-7-5-14(6-8-15)19-17(22)23-4-2/h5-8,13H,3-4,9-12H2,1-2H3,(H,18,21)(H,19,22). The second-order valence-electron chi connectivity index (χ2n) is 5.55. The van der Waals surface area contributed by atoms with Crippen molar-refractivity contribution in [2.45, 2.75) is 26.7 Å². The number of piperidine rings is 1. The van der Waals surface area contributed by atoms with Crippen LogP contribution in [0, 0.1) is 5.92 Å². The summed E-state index contributed by atoms with van der Waals surface area (Å²) < 4.78 is 4.85. The summed E-state index contributed by atoms with van der Waals surface area (Å²) in [5.41, 5.74) is 1.82. The number of rotatable bonds is 5. The zero-order chi connectivity index (χ0) is 16.7. The van der Waals surface area contributed by atoms with E-state index in [2.05, 4.69) is 15.5 Å². The van der Waals surface area contributed by atoms with Gasteiger partial charge >= 0.3 is 6.09 Å². The molecule has 1 saturated heterocycles. The van der Waals surface area contributed by atoms with E-state index in [0.717, 1.165) is 31.6 Å². The van der Waals surface area contributed by atoms with Crippen LogP contribution < -0.4 is 15.5 Å². The molecule has 1 heterocycles. The first-order valence-corrected chi connectivity index (χ1v) is 8.20. The molecule has 126 valence electrons. The maximum absolute atomic E-state index is 11.9. The van der Waals surface area contributed by atoms with Crippen molar-refractivity contribution >= 4 is 23.4 Å². The maximum atomic E-state index is 11.9. The molecule has 0 aliphatic carbocycles. The molecule has 0 aromatic heterocycles. The van der Waals surface area contributed by atoms with Crippen molar-refractivity contribution in [3.05, 3.63) is 24.3 Å². The Morgan fingerprint density at radius 2 is 1.83 bits per heavy atom. The predicted octanol–water partition coefficient (Wildman–Crippen LogP) is 2.61. The van der Waals surface area contributed by atoms with E-state index in [1.165, 1.54) is 0 Å². The second-order valence-corrected chi connectivity index (χ2v) is 5.55. The number of anilines is 2. The molecule has 6 nitrogen and oxygen atoms in total. The maximum Gasteiger partial charge on any atom is 0.411 e. The highest BCUT2D eigenvalue weighted by atomic mass is 16.5. The lowest BCUT2D eigenvalue weighted by Crippen LogP contribution is -2.40. The number of carbonyl (C=O) groups is 2. The van der Waals surface area contributed by atoms with E-state index in [9.17, 15) is 9.59 Å². The molecule has 23 heavy (non-hydrogen) atoms. The summed E-state index contributed by atoms with van der Waals surface area (Å²) in [4.78, 5) is 25.5. The fraction of sp³-hybridized carbons (Fsp3) is 0.529. The Hall–Kier alpha value is -2.24. The molecule has 0 atom stereocenters. The lowest BCUT2D eigenvalue weighted by Gasteiger charge is -2.33. The van der Waals surface area contributed by atoms with Gasteiger partial charge in [0.1, 0.15) is 0 Å². The zero-order valence-corrected chi connectivity index (χ0v) is 13.8.